The van der Waals surface area contributed by atoms with E-state index in [1.54, 1.807) is 11.9 Å². The van der Waals surface area contributed by atoms with Gasteiger partial charge in [-0.15, -0.1) is 0 Å². The van der Waals surface area contributed by atoms with E-state index >= 15 is 0 Å². The van der Waals surface area contributed by atoms with Crippen molar-refractivity contribution in [3.63, 3.8) is 0 Å². The molecule has 158 valence electrons. The third-order valence-electron chi connectivity index (χ3n) is 5.13. The van der Waals surface area contributed by atoms with Gasteiger partial charge in [-0.3, -0.25) is 9.48 Å². The molecule has 31 heavy (non-hydrogen) atoms. The Balaban J connectivity index is 1.40. The molecule has 2 aromatic heterocycles. The normalized spacial score (nSPS) is 11.0. The first-order valence-electron chi connectivity index (χ1n) is 10.1. The molecule has 7 heteroatoms. The number of hydrogen-bond donors (Lipinski definition) is 0. The Morgan fingerprint density at radius 1 is 1.03 bits per heavy atom. The van der Waals surface area contributed by atoms with Gasteiger partial charge in [0.05, 0.1) is 18.8 Å². The number of aromatic nitrogens is 4. The molecule has 0 aliphatic rings. The number of carbonyl (C=O) groups excluding carboxylic acids is 1. The number of carbonyl (C=O) groups is 1. The molecule has 2 heterocycles. The number of amides is 1. The molecule has 0 unspecified atom stereocenters. The highest BCUT2D eigenvalue weighted by atomic mass is 16.5. The van der Waals surface area contributed by atoms with Crippen LogP contribution in [0.25, 0.3) is 11.4 Å². The van der Waals surface area contributed by atoms with Crippen molar-refractivity contribution in [3.8, 4) is 11.4 Å². The fraction of sp³-hybridized carbons (Fsp3) is 0.250. The lowest BCUT2D eigenvalue weighted by atomic mass is 10.1. The van der Waals surface area contributed by atoms with Gasteiger partial charge < -0.3 is 9.42 Å². The van der Waals surface area contributed by atoms with Crippen molar-refractivity contribution in [2.24, 2.45) is 0 Å². The first-order chi connectivity index (χ1) is 14.9. The quantitative estimate of drug-likeness (QED) is 0.472. The molecule has 7 nitrogen and oxygen atoms in total. The fourth-order valence-electron chi connectivity index (χ4n) is 3.39. The van der Waals surface area contributed by atoms with Gasteiger partial charge in [-0.25, -0.2) is 0 Å². The molecule has 2 aromatic carbocycles. The van der Waals surface area contributed by atoms with Gasteiger partial charge in [0.15, 0.2) is 0 Å². The molecule has 4 rings (SSSR count). The van der Waals surface area contributed by atoms with Gasteiger partial charge in [0, 0.05) is 23.9 Å². The van der Waals surface area contributed by atoms with E-state index in [0.717, 1.165) is 22.5 Å². The van der Waals surface area contributed by atoms with E-state index in [2.05, 4.69) is 21.3 Å². The minimum absolute atomic E-state index is 0.104. The minimum atomic E-state index is -0.104. The predicted octanol–water partition coefficient (Wildman–Crippen LogP) is 4.18. The SMILES string of the molecule is Cc1ccc(-c2noc(CN(C)C(=O)c3ccc(Cn4nc(C)cc4C)cc3)n2)cc1. The Morgan fingerprint density at radius 3 is 2.39 bits per heavy atom. The van der Waals surface area contributed by atoms with E-state index in [-0.39, 0.29) is 12.5 Å². The van der Waals surface area contributed by atoms with Crippen LogP contribution in [-0.2, 0) is 13.1 Å². The zero-order valence-corrected chi connectivity index (χ0v) is 18.2. The third-order valence-corrected chi connectivity index (χ3v) is 5.13. The van der Waals surface area contributed by atoms with Crippen molar-refractivity contribution in [1.82, 2.24) is 24.8 Å². The average Bonchev–Trinajstić information content (AvgIpc) is 3.34. The molecule has 0 N–H and O–H groups in total. The highest BCUT2D eigenvalue weighted by molar-refractivity contribution is 5.94. The maximum absolute atomic E-state index is 12.8. The molecule has 0 fully saturated rings. The van der Waals surface area contributed by atoms with Crippen molar-refractivity contribution in [2.45, 2.75) is 33.9 Å². The standard InChI is InChI=1S/C24H25N5O2/c1-16-5-9-20(10-6-16)23-25-22(31-27-23)15-28(4)24(30)21-11-7-19(8-12-21)14-29-18(3)13-17(2)26-29/h5-13H,14-15H2,1-4H3. The predicted molar refractivity (Wildman–Crippen MR) is 118 cm³/mol. The fourth-order valence-corrected chi connectivity index (χ4v) is 3.39. The molecular weight excluding hydrogens is 390 g/mol. The lowest BCUT2D eigenvalue weighted by Crippen LogP contribution is -2.26. The second-order valence-corrected chi connectivity index (χ2v) is 7.82. The average molecular weight is 415 g/mol. The van der Waals surface area contributed by atoms with Gasteiger partial charge in [0.25, 0.3) is 5.91 Å². The highest BCUT2D eigenvalue weighted by Gasteiger charge is 2.16. The number of hydrogen-bond acceptors (Lipinski definition) is 5. The van der Waals surface area contributed by atoms with Crippen molar-refractivity contribution in [1.29, 1.82) is 0 Å². The summed E-state index contributed by atoms with van der Waals surface area (Å²) in [6.07, 6.45) is 0. The monoisotopic (exact) mass is 415 g/mol. The molecule has 1 amide bonds. The Hall–Kier alpha value is -3.74. The summed E-state index contributed by atoms with van der Waals surface area (Å²) in [5.41, 5.74) is 5.86. The molecule has 0 spiro atoms. The summed E-state index contributed by atoms with van der Waals surface area (Å²) in [5.74, 6) is 0.810. The van der Waals surface area contributed by atoms with E-state index in [1.165, 1.54) is 5.56 Å². The Bertz CT molecular complexity index is 1190. The molecule has 0 atom stereocenters. The summed E-state index contributed by atoms with van der Waals surface area (Å²) in [5, 5.41) is 8.51. The van der Waals surface area contributed by atoms with Crippen LogP contribution >= 0.6 is 0 Å². The molecule has 0 radical (unpaired) electrons. The lowest BCUT2D eigenvalue weighted by molar-refractivity contribution is 0.0769. The second-order valence-electron chi connectivity index (χ2n) is 7.82. The third kappa shape index (κ3) is 4.71. The molecule has 0 aliphatic heterocycles. The Labute approximate surface area is 181 Å². The number of aryl methyl sites for hydroxylation is 3. The zero-order chi connectivity index (χ0) is 22.0. The summed E-state index contributed by atoms with van der Waals surface area (Å²) in [6, 6.07) is 17.5. The van der Waals surface area contributed by atoms with Gasteiger partial charge in [0.1, 0.15) is 0 Å². The van der Waals surface area contributed by atoms with Gasteiger partial charge in [0.2, 0.25) is 11.7 Å². The van der Waals surface area contributed by atoms with Crippen molar-refractivity contribution in [2.75, 3.05) is 7.05 Å². The molecule has 0 aliphatic carbocycles. The summed E-state index contributed by atoms with van der Waals surface area (Å²) >= 11 is 0. The van der Waals surface area contributed by atoms with Gasteiger partial charge in [-0.05, 0) is 44.5 Å². The van der Waals surface area contributed by atoms with E-state index < -0.39 is 0 Å². The highest BCUT2D eigenvalue weighted by Crippen LogP contribution is 2.17. The summed E-state index contributed by atoms with van der Waals surface area (Å²) in [7, 11) is 1.72. The summed E-state index contributed by atoms with van der Waals surface area (Å²) < 4.78 is 7.30. The van der Waals surface area contributed by atoms with Crippen LogP contribution in [0.5, 0.6) is 0 Å². The van der Waals surface area contributed by atoms with Crippen LogP contribution in [0.4, 0.5) is 0 Å². The first kappa shape index (κ1) is 20.5. The Morgan fingerprint density at radius 2 is 1.74 bits per heavy atom. The maximum atomic E-state index is 12.8. The van der Waals surface area contributed by atoms with Crippen molar-refractivity contribution >= 4 is 5.91 Å². The maximum Gasteiger partial charge on any atom is 0.254 e. The first-order valence-corrected chi connectivity index (χ1v) is 10.1. The second kappa shape index (κ2) is 8.55. The smallest absolute Gasteiger partial charge is 0.254 e. The van der Waals surface area contributed by atoms with Gasteiger partial charge in [-0.2, -0.15) is 10.1 Å². The number of benzene rings is 2. The molecule has 0 bridgehead atoms. The van der Waals surface area contributed by atoms with Crippen LogP contribution < -0.4 is 0 Å². The van der Waals surface area contributed by atoms with Crippen LogP contribution in [0.2, 0.25) is 0 Å². The van der Waals surface area contributed by atoms with Crippen LogP contribution in [0.3, 0.4) is 0 Å². The largest absolute Gasteiger partial charge is 0.337 e. The summed E-state index contributed by atoms with van der Waals surface area (Å²) in [6.45, 7) is 6.96. The van der Waals surface area contributed by atoms with Crippen molar-refractivity contribution < 1.29 is 9.32 Å². The van der Waals surface area contributed by atoms with Gasteiger partial charge >= 0.3 is 0 Å². The number of nitrogens with zero attached hydrogens (tertiary/aromatic N) is 5. The lowest BCUT2D eigenvalue weighted by Gasteiger charge is -2.15. The molecular formula is C24H25N5O2. The molecule has 0 saturated carbocycles. The van der Waals surface area contributed by atoms with Crippen LogP contribution in [0.15, 0.2) is 59.1 Å². The minimum Gasteiger partial charge on any atom is -0.337 e. The van der Waals surface area contributed by atoms with E-state index in [0.29, 0.717) is 23.8 Å². The van der Waals surface area contributed by atoms with E-state index in [1.807, 2.05) is 74.0 Å². The summed E-state index contributed by atoms with van der Waals surface area (Å²) in [4.78, 5) is 18.8. The van der Waals surface area contributed by atoms with Crippen LogP contribution in [-0.4, -0.2) is 37.8 Å². The van der Waals surface area contributed by atoms with Gasteiger partial charge in [-0.1, -0.05) is 47.1 Å². The van der Waals surface area contributed by atoms with Crippen LogP contribution in [0, 0.1) is 20.8 Å². The van der Waals surface area contributed by atoms with Crippen LogP contribution in [0.1, 0.15) is 38.8 Å². The zero-order valence-electron chi connectivity index (χ0n) is 18.2. The van der Waals surface area contributed by atoms with Crippen molar-refractivity contribution in [3.05, 3.63) is 88.6 Å². The number of rotatable bonds is 6. The van der Waals surface area contributed by atoms with E-state index in [9.17, 15) is 4.79 Å². The topological polar surface area (TPSA) is 77.0 Å². The molecule has 0 saturated heterocycles. The Kier molecular flexibility index (Phi) is 5.66. The van der Waals surface area contributed by atoms with E-state index in [4.69, 9.17) is 4.52 Å². The molecule has 4 aromatic rings.